The van der Waals surface area contributed by atoms with Crippen LogP contribution in [0.25, 0.3) is 0 Å². The van der Waals surface area contributed by atoms with Crippen molar-refractivity contribution in [2.45, 2.75) is 32.1 Å². The summed E-state index contributed by atoms with van der Waals surface area (Å²) in [6, 6.07) is 5.32. The molecule has 1 aliphatic rings. The molecule has 1 aliphatic carbocycles. The normalized spacial score (nSPS) is 16.5. The summed E-state index contributed by atoms with van der Waals surface area (Å²) in [6.45, 7) is 0.849. The monoisotopic (exact) mass is 360 g/mol. The minimum Gasteiger partial charge on any atom is -0.379 e. The Labute approximate surface area is 120 Å². The van der Waals surface area contributed by atoms with Gasteiger partial charge >= 0.3 is 0 Å². The Bertz CT molecular complexity index is 431. The van der Waals surface area contributed by atoms with Gasteiger partial charge in [-0.15, -0.1) is 0 Å². The van der Waals surface area contributed by atoms with Crippen molar-refractivity contribution in [3.63, 3.8) is 0 Å². The van der Waals surface area contributed by atoms with Gasteiger partial charge in [0.05, 0.1) is 4.92 Å². The van der Waals surface area contributed by atoms with Gasteiger partial charge in [0.25, 0.3) is 5.69 Å². The van der Waals surface area contributed by atoms with Gasteiger partial charge in [-0.05, 0) is 53.5 Å². The fourth-order valence-electron chi connectivity index (χ4n) is 2.45. The number of halogens is 1. The molecule has 1 fully saturated rings. The SMILES string of the molecule is O=[N+]([O-])c1cc(I)ccc1NCC1CCCCC1. The van der Waals surface area contributed by atoms with Gasteiger partial charge < -0.3 is 5.32 Å². The Kier molecular flexibility index (Phi) is 4.79. The Balaban J connectivity index is 2.01. The highest BCUT2D eigenvalue weighted by Crippen LogP contribution is 2.28. The molecule has 1 aromatic carbocycles. The van der Waals surface area contributed by atoms with Gasteiger partial charge in [-0.1, -0.05) is 19.3 Å². The predicted octanol–water partition coefficient (Wildman–Crippen LogP) is 4.19. The molecule has 2 rings (SSSR count). The molecule has 0 spiro atoms. The smallest absolute Gasteiger partial charge is 0.293 e. The second-order valence-corrected chi connectivity index (χ2v) is 6.05. The molecule has 5 heteroatoms. The third-order valence-electron chi connectivity index (χ3n) is 3.46. The number of benzene rings is 1. The van der Waals surface area contributed by atoms with Crippen LogP contribution >= 0.6 is 22.6 Å². The standard InChI is InChI=1S/C13H17IN2O2/c14-11-6-7-12(13(8-11)16(17)18)15-9-10-4-2-1-3-5-10/h6-8,10,15H,1-5,9H2. The molecule has 0 amide bonds. The second-order valence-electron chi connectivity index (χ2n) is 4.80. The van der Waals surface area contributed by atoms with Gasteiger partial charge in [0.1, 0.15) is 5.69 Å². The van der Waals surface area contributed by atoms with Gasteiger partial charge in [-0.2, -0.15) is 0 Å². The Morgan fingerprint density at radius 1 is 1.33 bits per heavy atom. The summed E-state index contributed by atoms with van der Waals surface area (Å²) in [5.41, 5.74) is 0.823. The molecule has 1 N–H and O–H groups in total. The first kappa shape index (κ1) is 13.6. The fraction of sp³-hybridized carbons (Fsp3) is 0.538. The molecule has 0 saturated heterocycles. The second kappa shape index (κ2) is 6.36. The molecule has 0 bridgehead atoms. The van der Waals surface area contributed by atoms with Gasteiger partial charge in [0, 0.05) is 16.2 Å². The van der Waals surface area contributed by atoms with E-state index in [-0.39, 0.29) is 10.6 Å². The van der Waals surface area contributed by atoms with E-state index in [1.54, 1.807) is 6.07 Å². The van der Waals surface area contributed by atoms with E-state index in [0.29, 0.717) is 11.6 Å². The Morgan fingerprint density at radius 2 is 2.06 bits per heavy atom. The molecule has 1 aromatic rings. The largest absolute Gasteiger partial charge is 0.379 e. The zero-order valence-corrected chi connectivity index (χ0v) is 12.4. The van der Waals surface area contributed by atoms with Crippen LogP contribution < -0.4 is 5.32 Å². The van der Waals surface area contributed by atoms with Crippen molar-refractivity contribution in [3.05, 3.63) is 31.9 Å². The molecule has 0 radical (unpaired) electrons. The van der Waals surface area contributed by atoms with Crippen molar-refractivity contribution in [2.24, 2.45) is 5.92 Å². The van der Waals surface area contributed by atoms with Crippen molar-refractivity contribution >= 4 is 34.0 Å². The topological polar surface area (TPSA) is 55.2 Å². The number of anilines is 1. The summed E-state index contributed by atoms with van der Waals surface area (Å²) in [7, 11) is 0. The highest BCUT2D eigenvalue weighted by atomic mass is 127. The van der Waals surface area contributed by atoms with E-state index in [4.69, 9.17) is 0 Å². The van der Waals surface area contributed by atoms with E-state index < -0.39 is 0 Å². The zero-order chi connectivity index (χ0) is 13.0. The number of rotatable bonds is 4. The number of hydrogen-bond acceptors (Lipinski definition) is 3. The Morgan fingerprint density at radius 3 is 2.72 bits per heavy atom. The van der Waals surface area contributed by atoms with Crippen molar-refractivity contribution in [3.8, 4) is 0 Å². The minimum atomic E-state index is -0.314. The van der Waals surface area contributed by atoms with Crippen LogP contribution in [-0.4, -0.2) is 11.5 Å². The molecule has 0 aliphatic heterocycles. The van der Waals surface area contributed by atoms with Crippen molar-refractivity contribution in [1.29, 1.82) is 0 Å². The molecule has 4 nitrogen and oxygen atoms in total. The molecule has 0 unspecified atom stereocenters. The van der Waals surface area contributed by atoms with Crippen LogP contribution in [0.5, 0.6) is 0 Å². The van der Waals surface area contributed by atoms with Crippen LogP contribution in [0.3, 0.4) is 0 Å². The van der Waals surface area contributed by atoms with Crippen LogP contribution in [0.15, 0.2) is 18.2 Å². The third-order valence-corrected chi connectivity index (χ3v) is 4.13. The third kappa shape index (κ3) is 3.57. The zero-order valence-electron chi connectivity index (χ0n) is 10.2. The minimum absolute atomic E-state index is 0.178. The highest BCUT2D eigenvalue weighted by Gasteiger charge is 2.17. The summed E-state index contributed by atoms with van der Waals surface area (Å²) in [6.07, 6.45) is 6.40. The van der Waals surface area contributed by atoms with E-state index in [1.807, 2.05) is 12.1 Å². The first-order chi connectivity index (χ1) is 8.66. The van der Waals surface area contributed by atoms with Crippen molar-refractivity contribution in [1.82, 2.24) is 0 Å². The van der Waals surface area contributed by atoms with Gasteiger partial charge in [0.15, 0.2) is 0 Å². The molecule has 0 atom stereocenters. The number of nitrogens with one attached hydrogen (secondary N) is 1. The maximum Gasteiger partial charge on any atom is 0.293 e. The summed E-state index contributed by atoms with van der Waals surface area (Å²) in [4.78, 5) is 10.7. The molecule has 0 heterocycles. The maximum atomic E-state index is 11.0. The molecule has 1 saturated carbocycles. The van der Waals surface area contributed by atoms with E-state index >= 15 is 0 Å². The molecular weight excluding hydrogens is 343 g/mol. The van der Waals surface area contributed by atoms with E-state index in [1.165, 1.54) is 32.1 Å². The number of nitro groups is 1. The van der Waals surface area contributed by atoms with Crippen LogP contribution in [0, 0.1) is 19.6 Å². The number of nitrogens with zero attached hydrogens (tertiary/aromatic N) is 1. The maximum absolute atomic E-state index is 11.0. The van der Waals surface area contributed by atoms with E-state index in [9.17, 15) is 10.1 Å². The van der Waals surface area contributed by atoms with Gasteiger partial charge in [-0.25, -0.2) is 0 Å². The van der Waals surface area contributed by atoms with Crippen LogP contribution in [-0.2, 0) is 0 Å². The lowest BCUT2D eigenvalue weighted by Crippen LogP contribution is -2.17. The summed E-state index contributed by atoms with van der Waals surface area (Å²) in [5.74, 6) is 0.664. The fourth-order valence-corrected chi connectivity index (χ4v) is 2.93. The number of nitro benzene ring substituents is 1. The molecule has 98 valence electrons. The lowest BCUT2D eigenvalue weighted by Gasteiger charge is -2.22. The first-order valence-electron chi connectivity index (χ1n) is 6.34. The van der Waals surface area contributed by atoms with Crippen molar-refractivity contribution in [2.75, 3.05) is 11.9 Å². The molecular formula is C13H17IN2O2. The highest BCUT2D eigenvalue weighted by molar-refractivity contribution is 14.1. The van der Waals surface area contributed by atoms with Gasteiger partial charge in [-0.3, -0.25) is 10.1 Å². The Hall–Kier alpha value is -0.850. The van der Waals surface area contributed by atoms with Gasteiger partial charge in [0.2, 0.25) is 0 Å². The van der Waals surface area contributed by atoms with Crippen LogP contribution in [0.2, 0.25) is 0 Å². The van der Waals surface area contributed by atoms with Crippen LogP contribution in [0.1, 0.15) is 32.1 Å². The van der Waals surface area contributed by atoms with E-state index in [2.05, 4.69) is 27.9 Å². The average molecular weight is 360 g/mol. The summed E-state index contributed by atoms with van der Waals surface area (Å²) in [5, 5.41) is 14.2. The molecule has 18 heavy (non-hydrogen) atoms. The molecule has 0 aromatic heterocycles. The first-order valence-corrected chi connectivity index (χ1v) is 7.42. The lowest BCUT2D eigenvalue weighted by atomic mass is 9.89. The summed E-state index contributed by atoms with van der Waals surface area (Å²) >= 11 is 2.09. The quantitative estimate of drug-likeness (QED) is 0.498. The van der Waals surface area contributed by atoms with Crippen LogP contribution in [0.4, 0.5) is 11.4 Å². The lowest BCUT2D eigenvalue weighted by molar-refractivity contribution is -0.384. The number of hydrogen-bond donors (Lipinski definition) is 1. The predicted molar refractivity (Wildman–Crippen MR) is 80.9 cm³/mol. The van der Waals surface area contributed by atoms with Crippen molar-refractivity contribution < 1.29 is 4.92 Å². The van der Waals surface area contributed by atoms with E-state index in [0.717, 1.165) is 10.1 Å². The summed E-state index contributed by atoms with van der Waals surface area (Å²) < 4.78 is 0.891. The average Bonchev–Trinajstić information content (AvgIpc) is 2.38.